The topological polar surface area (TPSA) is 275 Å². The second-order valence-electron chi connectivity index (χ2n) is 10.3. The number of nitrogen functional groups attached to an aromatic ring is 2. The number of rotatable bonds is 2. The molecule has 0 amide bonds. The molecular formula is C20H25N11O9P2S2. The maximum Gasteiger partial charge on any atom is 0.328 e. The fourth-order valence-corrected chi connectivity index (χ4v) is 9.72. The van der Waals surface area contributed by atoms with Gasteiger partial charge in [0.1, 0.15) is 24.6 Å². The Kier molecular flexibility index (Phi) is 7.33. The van der Waals surface area contributed by atoms with E-state index in [-0.39, 0.29) is 48.3 Å². The molecule has 4 aromatic rings. The summed E-state index contributed by atoms with van der Waals surface area (Å²) in [7, 11) is -3.76. The summed E-state index contributed by atoms with van der Waals surface area (Å²) < 4.78 is 45.7. The van der Waals surface area contributed by atoms with Crippen LogP contribution in [0.25, 0.3) is 16.8 Å². The van der Waals surface area contributed by atoms with Crippen LogP contribution < -0.4 is 17.0 Å². The van der Waals surface area contributed by atoms with Crippen LogP contribution in [0, 0.1) is 0 Å². The van der Waals surface area contributed by atoms with Gasteiger partial charge < -0.3 is 39.8 Å². The van der Waals surface area contributed by atoms with Crippen LogP contribution in [0.3, 0.4) is 0 Å². The number of aliphatic hydroxyl groups is 1. The molecule has 2 bridgehead atoms. The molecule has 236 valence electrons. The molecule has 0 radical (unpaired) electrons. The van der Waals surface area contributed by atoms with Crippen molar-refractivity contribution in [3.8, 4) is 0 Å². The number of nitrogens with one attached hydrogen (secondary N) is 1. The smallest absolute Gasteiger partial charge is 0.328 e. The zero-order valence-corrected chi connectivity index (χ0v) is 26.0. The summed E-state index contributed by atoms with van der Waals surface area (Å²) in [4.78, 5) is 38.4. The van der Waals surface area contributed by atoms with Crippen molar-refractivity contribution in [3.05, 3.63) is 28.6 Å². The number of fused-ring (bicyclic) bond motifs is 5. The Bertz CT molecular complexity index is 1920. The second-order valence-corrected chi connectivity index (χ2v) is 16.3. The van der Waals surface area contributed by atoms with E-state index in [0.29, 0.717) is 11.3 Å². The van der Waals surface area contributed by atoms with Crippen LogP contribution in [-0.4, -0.2) is 104 Å². The minimum Gasteiger partial charge on any atom is -0.387 e. The molecule has 24 heteroatoms. The predicted octanol–water partition coefficient (Wildman–Crippen LogP) is -0.736. The number of nitrogens with two attached hydrogens (primary N) is 2. The fourth-order valence-electron chi connectivity index (χ4n) is 5.35. The number of hydrogen-bond acceptors (Lipinski definition) is 18. The first kappa shape index (κ1) is 30.1. The lowest BCUT2D eigenvalue weighted by Gasteiger charge is -2.35. The molecule has 44 heavy (non-hydrogen) atoms. The average molecular weight is 690 g/mol. The summed E-state index contributed by atoms with van der Waals surface area (Å²) in [5.74, 6) is -0.145. The maximum absolute atomic E-state index is 13.5. The van der Waals surface area contributed by atoms with Gasteiger partial charge in [0.05, 0.1) is 36.5 Å². The maximum atomic E-state index is 13.5. The summed E-state index contributed by atoms with van der Waals surface area (Å²) in [6, 6.07) is 0. The number of aromatic nitrogens is 9. The highest BCUT2D eigenvalue weighted by Gasteiger charge is 2.57. The number of H-pyrrole nitrogens is 1. The molecule has 7 N–H and O–H groups in total. The Balaban J connectivity index is 1.24. The normalized spacial score (nSPS) is 36.6. The van der Waals surface area contributed by atoms with Crippen molar-refractivity contribution in [2.24, 2.45) is 0 Å². The highest BCUT2D eigenvalue weighted by Crippen LogP contribution is 2.57. The first-order valence-corrected chi connectivity index (χ1v) is 18.6. The van der Waals surface area contributed by atoms with Crippen molar-refractivity contribution in [3.63, 3.8) is 0 Å². The van der Waals surface area contributed by atoms with Crippen LogP contribution in [0.1, 0.15) is 18.2 Å². The van der Waals surface area contributed by atoms with Crippen molar-refractivity contribution in [2.75, 3.05) is 37.1 Å². The van der Waals surface area contributed by atoms with E-state index in [9.17, 15) is 19.4 Å². The summed E-state index contributed by atoms with van der Waals surface area (Å²) in [5, 5.41) is 22.8. The number of anilines is 2. The van der Waals surface area contributed by atoms with E-state index in [4.69, 9.17) is 46.1 Å². The number of aromatic amines is 1. The van der Waals surface area contributed by atoms with Gasteiger partial charge in [-0.25, -0.2) is 14.5 Å². The lowest BCUT2D eigenvalue weighted by Crippen LogP contribution is -2.49. The third kappa shape index (κ3) is 5.13. The molecule has 3 aliphatic rings. The van der Waals surface area contributed by atoms with Crippen LogP contribution in [0.5, 0.6) is 0 Å². The van der Waals surface area contributed by atoms with Gasteiger partial charge in [-0.3, -0.25) is 18.9 Å². The number of thioether (sulfide) groups is 1. The summed E-state index contributed by atoms with van der Waals surface area (Å²) >= 11 is 6.54. The van der Waals surface area contributed by atoms with Crippen LogP contribution >= 0.6 is 26.1 Å². The van der Waals surface area contributed by atoms with Gasteiger partial charge in [-0.15, -0.1) is 16.9 Å². The zero-order valence-electron chi connectivity index (χ0n) is 22.6. The third-order valence-electron chi connectivity index (χ3n) is 7.37. The highest BCUT2D eigenvalue weighted by molar-refractivity contribution is 8.07. The van der Waals surface area contributed by atoms with Gasteiger partial charge in [0, 0.05) is 18.8 Å². The third-order valence-corrected chi connectivity index (χ3v) is 11.6. The van der Waals surface area contributed by atoms with Gasteiger partial charge in [0.15, 0.2) is 22.6 Å². The Morgan fingerprint density at radius 3 is 2.86 bits per heavy atom. The van der Waals surface area contributed by atoms with Crippen molar-refractivity contribution >= 4 is 66.5 Å². The minimum absolute atomic E-state index is 0.0733. The monoisotopic (exact) mass is 689 g/mol. The zero-order chi connectivity index (χ0) is 31.0. The molecule has 4 aromatic heterocycles. The van der Waals surface area contributed by atoms with Gasteiger partial charge in [-0.2, -0.15) is 14.8 Å². The van der Waals surface area contributed by atoms with E-state index in [1.54, 1.807) is 0 Å². The molecule has 0 aromatic carbocycles. The molecule has 0 spiro atoms. The Morgan fingerprint density at radius 1 is 1.23 bits per heavy atom. The number of ether oxygens (including phenoxy) is 1. The molecule has 0 saturated carbocycles. The Hall–Kier alpha value is -2.62. The fraction of sp³-hybridized carbons (Fsp3) is 0.550. The standard InChI is InChI=1S/C20H25N11O9P2S2/c1-41(34)36-5-12-14(32)20(6-44-12,31-16-13(28-29-31)18(33)27-19(22)26-16)40-42(35,43)37-4-11-10(39-41)2-9(38-11)8-3-23-17-15(21)24-7-25-30(8)17/h3,7,9-12,14,32H,2,4-6H2,1H3,(H,35,43)(H2,21,24,25)(H3,22,26,27,33)/t9-,10+,11-,12?,14-,20+,41?,42?/m1/s1. The Morgan fingerprint density at radius 2 is 2.05 bits per heavy atom. The highest BCUT2D eigenvalue weighted by atomic mass is 32.5. The quantitative estimate of drug-likeness (QED) is 0.162. The van der Waals surface area contributed by atoms with Gasteiger partial charge in [-0.05, 0) is 11.8 Å². The SMILES string of the molecule is CP1(=O)OCC2SC[C@](n3nnc4c(=O)[nH]c(N)nc43)(OP(O)(=S)OC[C@H]3O[C@@H](c4cnc5c(N)ncnn45)C[C@@H]3O1)[C@@H]2O. The largest absolute Gasteiger partial charge is 0.387 e. The number of aliphatic hydroxyl groups excluding tert-OH is 1. The van der Waals surface area contributed by atoms with Gasteiger partial charge in [-0.1, -0.05) is 5.21 Å². The molecular weight excluding hydrogens is 664 g/mol. The minimum atomic E-state index is -4.22. The molecule has 7 rings (SSSR count). The van der Waals surface area contributed by atoms with Crippen molar-refractivity contribution in [1.29, 1.82) is 0 Å². The van der Waals surface area contributed by atoms with Crippen LogP contribution in [0.2, 0.25) is 0 Å². The van der Waals surface area contributed by atoms with Crippen LogP contribution in [0.4, 0.5) is 11.8 Å². The molecule has 8 atom stereocenters. The average Bonchev–Trinajstić information content (AvgIpc) is 3.72. The molecule has 3 aliphatic heterocycles. The van der Waals surface area contributed by atoms with E-state index < -0.39 is 55.3 Å². The first-order valence-electron chi connectivity index (χ1n) is 13.0. The summed E-state index contributed by atoms with van der Waals surface area (Å²) in [5.41, 5.74) is 9.58. The van der Waals surface area contributed by atoms with Crippen molar-refractivity contribution < 1.29 is 37.4 Å². The molecule has 3 unspecified atom stereocenters. The van der Waals surface area contributed by atoms with E-state index in [0.717, 1.165) is 16.4 Å². The second kappa shape index (κ2) is 10.7. The summed E-state index contributed by atoms with van der Waals surface area (Å²) in [6.07, 6.45) is -0.947. The van der Waals surface area contributed by atoms with E-state index in [2.05, 4.69) is 35.3 Å². The van der Waals surface area contributed by atoms with Gasteiger partial charge >= 0.3 is 14.3 Å². The summed E-state index contributed by atoms with van der Waals surface area (Å²) in [6.45, 7) is -3.55. The van der Waals surface area contributed by atoms with Crippen molar-refractivity contribution in [2.45, 2.75) is 41.8 Å². The molecule has 3 saturated heterocycles. The number of nitrogens with zero attached hydrogens (tertiary/aromatic N) is 8. The van der Waals surface area contributed by atoms with Crippen LogP contribution in [-0.2, 0) is 44.9 Å². The van der Waals surface area contributed by atoms with E-state index >= 15 is 0 Å². The predicted molar refractivity (Wildman–Crippen MR) is 156 cm³/mol. The Labute approximate surface area is 255 Å². The molecule has 3 fully saturated rings. The van der Waals surface area contributed by atoms with Gasteiger partial charge in [0.2, 0.25) is 11.7 Å². The number of imidazole rings is 1. The molecule has 20 nitrogen and oxygen atoms in total. The van der Waals surface area contributed by atoms with E-state index in [1.807, 2.05) is 0 Å². The number of hydrogen-bond donors (Lipinski definition) is 5. The van der Waals surface area contributed by atoms with Crippen molar-refractivity contribution in [1.82, 2.24) is 44.5 Å². The lowest BCUT2D eigenvalue weighted by atomic mass is 10.1. The molecule has 0 aliphatic carbocycles. The first-order chi connectivity index (χ1) is 20.9. The molecule has 7 heterocycles. The lowest BCUT2D eigenvalue weighted by molar-refractivity contribution is -0.107. The van der Waals surface area contributed by atoms with Gasteiger partial charge in [0.25, 0.3) is 5.56 Å². The van der Waals surface area contributed by atoms with E-state index in [1.165, 1.54) is 23.7 Å². The van der Waals surface area contributed by atoms with Crippen LogP contribution in [0.15, 0.2) is 17.3 Å².